The zero-order valence-electron chi connectivity index (χ0n) is 17.8. The third-order valence-electron chi connectivity index (χ3n) is 5.44. The van der Waals surface area contributed by atoms with E-state index >= 15 is 0 Å². The third-order valence-corrected chi connectivity index (χ3v) is 5.68. The number of aliphatic hydroxyl groups excluding tert-OH is 1. The van der Waals surface area contributed by atoms with Crippen molar-refractivity contribution in [2.24, 2.45) is 0 Å². The Morgan fingerprint density at radius 2 is 1.88 bits per heavy atom. The van der Waals surface area contributed by atoms with Gasteiger partial charge >= 0.3 is 0 Å². The molecular weight excluding hydrogens is 426 g/mol. The Hall–Kier alpha value is -3.22. The first-order chi connectivity index (χ1) is 15.5. The van der Waals surface area contributed by atoms with Crippen molar-refractivity contribution in [1.82, 2.24) is 14.3 Å². The van der Waals surface area contributed by atoms with Crippen LogP contribution in [0.1, 0.15) is 35.9 Å². The van der Waals surface area contributed by atoms with Crippen molar-refractivity contribution in [3.63, 3.8) is 0 Å². The van der Waals surface area contributed by atoms with Gasteiger partial charge in [-0.15, -0.1) is 0 Å². The van der Waals surface area contributed by atoms with Gasteiger partial charge in [0, 0.05) is 41.7 Å². The standard InChI is InChI=1S/C25H24ClN3O3/c1-2-22(31)24-23(17-7-4-3-5-8-17)21-15-18(26)9-10-20(21)25(32)29(24)16-19-11-13-28(27-19)12-6-14-30/h3-5,7-11,13,15,30H,2,6,12,14,16H2,1H3. The van der Waals surface area contributed by atoms with Gasteiger partial charge in [0.1, 0.15) is 0 Å². The lowest BCUT2D eigenvalue weighted by molar-refractivity contribution is 0.0979. The van der Waals surface area contributed by atoms with Crippen molar-refractivity contribution in [2.75, 3.05) is 6.61 Å². The van der Waals surface area contributed by atoms with Gasteiger partial charge in [0.25, 0.3) is 5.56 Å². The van der Waals surface area contributed by atoms with E-state index in [2.05, 4.69) is 5.10 Å². The summed E-state index contributed by atoms with van der Waals surface area (Å²) < 4.78 is 3.26. The lowest BCUT2D eigenvalue weighted by Crippen LogP contribution is -2.28. The Balaban J connectivity index is 1.99. The van der Waals surface area contributed by atoms with E-state index in [9.17, 15) is 9.59 Å². The number of hydrogen-bond donors (Lipinski definition) is 1. The summed E-state index contributed by atoms with van der Waals surface area (Å²) in [6.07, 6.45) is 2.67. The smallest absolute Gasteiger partial charge is 0.259 e. The number of rotatable bonds is 8. The van der Waals surface area contributed by atoms with E-state index < -0.39 is 0 Å². The van der Waals surface area contributed by atoms with Crippen LogP contribution in [-0.2, 0) is 13.1 Å². The van der Waals surface area contributed by atoms with Crippen molar-refractivity contribution < 1.29 is 9.90 Å². The normalized spacial score (nSPS) is 11.2. The van der Waals surface area contributed by atoms with Crippen molar-refractivity contribution in [3.05, 3.63) is 87.6 Å². The van der Waals surface area contributed by atoms with Crippen LogP contribution in [0.15, 0.2) is 65.6 Å². The Morgan fingerprint density at radius 1 is 1.09 bits per heavy atom. The quantitative estimate of drug-likeness (QED) is 0.400. The number of hydrogen-bond acceptors (Lipinski definition) is 4. The molecule has 32 heavy (non-hydrogen) atoms. The van der Waals surface area contributed by atoms with Crippen molar-refractivity contribution in [3.8, 4) is 11.1 Å². The molecule has 2 aromatic carbocycles. The predicted octanol–water partition coefficient (Wildman–Crippen LogP) is 4.54. The molecule has 2 aromatic heterocycles. The second-order valence-corrected chi connectivity index (χ2v) is 8.03. The first-order valence-corrected chi connectivity index (χ1v) is 11.0. The molecule has 0 saturated carbocycles. The Morgan fingerprint density at radius 3 is 2.59 bits per heavy atom. The maximum Gasteiger partial charge on any atom is 0.259 e. The van der Waals surface area contributed by atoms with Gasteiger partial charge in [-0.05, 0) is 41.6 Å². The highest BCUT2D eigenvalue weighted by Crippen LogP contribution is 2.33. The number of benzene rings is 2. The zero-order chi connectivity index (χ0) is 22.7. The highest BCUT2D eigenvalue weighted by molar-refractivity contribution is 6.31. The third kappa shape index (κ3) is 4.24. The summed E-state index contributed by atoms with van der Waals surface area (Å²) in [5.74, 6) is -0.123. The zero-order valence-corrected chi connectivity index (χ0v) is 18.5. The number of ketones is 1. The second kappa shape index (κ2) is 9.51. The van der Waals surface area contributed by atoms with Crippen LogP contribution in [-0.4, -0.2) is 31.8 Å². The monoisotopic (exact) mass is 449 g/mol. The van der Waals surface area contributed by atoms with Crippen molar-refractivity contribution >= 4 is 28.2 Å². The number of Topliss-reactive ketones (excluding diaryl/α,β-unsaturated/α-hetero) is 1. The molecule has 0 unspecified atom stereocenters. The maximum absolute atomic E-state index is 13.5. The fourth-order valence-corrected chi connectivity index (χ4v) is 4.10. The van der Waals surface area contributed by atoms with Crippen LogP contribution < -0.4 is 5.56 Å². The highest BCUT2D eigenvalue weighted by Gasteiger charge is 2.23. The van der Waals surface area contributed by atoms with E-state index in [1.54, 1.807) is 29.8 Å². The first-order valence-electron chi connectivity index (χ1n) is 10.6. The summed E-state index contributed by atoms with van der Waals surface area (Å²) >= 11 is 6.29. The number of carbonyl (C=O) groups excluding carboxylic acids is 1. The van der Waals surface area contributed by atoms with Crippen LogP contribution in [0, 0.1) is 0 Å². The highest BCUT2D eigenvalue weighted by atomic mass is 35.5. The molecule has 2 heterocycles. The van der Waals surface area contributed by atoms with Crippen LogP contribution in [0.5, 0.6) is 0 Å². The average molecular weight is 450 g/mol. The molecular formula is C25H24ClN3O3. The molecule has 7 heteroatoms. The Bertz CT molecular complexity index is 1330. The summed E-state index contributed by atoms with van der Waals surface area (Å²) in [4.78, 5) is 26.7. The number of aryl methyl sites for hydroxylation is 1. The molecule has 1 N–H and O–H groups in total. The summed E-state index contributed by atoms with van der Waals surface area (Å²) in [5.41, 5.74) is 2.33. The van der Waals surface area contributed by atoms with Gasteiger partial charge in [-0.2, -0.15) is 5.10 Å². The molecule has 0 aliphatic rings. The van der Waals surface area contributed by atoms with Crippen LogP contribution in [0.2, 0.25) is 5.02 Å². The van der Waals surface area contributed by atoms with Crippen LogP contribution >= 0.6 is 11.6 Å². The lowest BCUT2D eigenvalue weighted by atomic mass is 9.94. The second-order valence-electron chi connectivity index (χ2n) is 7.59. The topological polar surface area (TPSA) is 77.1 Å². The molecule has 0 saturated heterocycles. The molecule has 4 aromatic rings. The number of aromatic nitrogens is 3. The van der Waals surface area contributed by atoms with Gasteiger partial charge in [0.05, 0.1) is 17.9 Å². The molecule has 6 nitrogen and oxygen atoms in total. The van der Waals surface area contributed by atoms with Gasteiger partial charge in [0.15, 0.2) is 5.78 Å². The minimum absolute atomic E-state index is 0.0808. The van der Waals surface area contributed by atoms with Crippen LogP contribution in [0.4, 0.5) is 0 Å². The van der Waals surface area contributed by atoms with E-state index in [0.29, 0.717) is 45.7 Å². The number of pyridine rings is 1. The van der Waals surface area contributed by atoms with Gasteiger partial charge < -0.3 is 5.11 Å². The molecule has 0 aliphatic carbocycles. The average Bonchev–Trinajstić information content (AvgIpc) is 3.26. The molecule has 0 fully saturated rings. The molecule has 0 radical (unpaired) electrons. The van der Waals surface area contributed by atoms with Crippen molar-refractivity contribution in [1.29, 1.82) is 0 Å². The van der Waals surface area contributed by atoms with Gasteiger partial charge in [-0.1, -0.05) is 48.9 Å². The summed E-state index contributed by atoms with van der Waals surface area (Å²) in [7, 11) is 0. The molecule has 0 aliphatic heterocycles. The fourth-order valence-electron chi connectivity index (χ4n) is 3.93. The Labute approximate surface area is 190 Å². The minimum Gasteiger partial charge on any atom is -0.396 e. The first kappa shape index (κ1) is 22.0. The van der Waals surface area contributed by atoms with E-state index in [-0.39, 0.29) is 30.9 Å². The Kier molecular flexibility index (Phi) is 6.53. The number of halogens is 1. The maximum atomic E-state index is 13.5. The largest absolute Gasteiger partial charge is 0.396 e. The van der Waals surface area contributed by atoms with Crippen LogP contribution in [0.25, 0.3) is 21.9 Å². The van der Waals surface area contributed by atoms with Gasteiger partial charge in [-0.3, -0.25) is 18.8 Å². The van der Waals surface area contributed by atoms with Gasteiger partial charge in [0.2, 0.25) is 0 Å². The van der Waals surface area contributed by atoms with Crippen molar-refractivity contribution in [2.45, 2.75) is 32.9 Å². The van der Waals surface area contributed by atoms with E-state index in [0.717, 1.165) is 5.56 Å². The number of fused-ring (bicyclic) bond motifs is 1. The number of nitrogens with zero attached hydrogens (tertiary/aromatic N) is 3. The number of aliphatic hydroxyl groups is 1. The summed E-state index contributed by atoms with van der Waals surface area (Å²) in [6.45, 7) is 2.62. The van der Waals surface area contributed by atoms with Crippen LogP contribution in [0.3, 0.4) is 0 Å². The van der Waals surface area contributed by atoms with E-state index in [1.165, 1.54) is 4.57 Å². The summed E-state index contributed by atoms with van der Waals surface area (Å²) in [5, 5.41) is 15.2. The number of carbonyl (C=O) groups is 1. The molecule has 0 atom stereocenters. The molecule has 4 rings (SSSR count). The molecule has 0 amide bonds. The predicted molar refractivity (Wildman–Crippen MR) is 126 cm³/mol. The minimum atomic E-state index is -0.252. The van der Waals surface area contributed by atoms with E-state index in [1.807, 2.05) is 42.6 Å². The summed E-state index contributed by atoms with van der Waals surface area (Å²) in [6, 6.07) is 16.6. The molecule has 164 valence electrons. The lowest BCUT2D eigenvalue weighted by Gasteiger charge is -2.19. The molecule has 0 bridgehead atoms. The van der Waals surface area contributed by atoms with Gasteiger partial charge in [-0.25, -0.2) is 0 Å². The fraction of sp³-hybridized carbons (Fsp3) is 0.240. The van der Waals surface area contributed by atoms with E-state index in [4.69, 9.17) is 16.7 Å². The SMILES string of the molecule is CCC(=O)c1c(-c2ccccc2)c2cc(Cl)ccc2c(=O)n1Cc1ccn(CCCO)n1. The molecule has 0 spiro atoms.